The van der Waals surface area contributed by atoms with Crippen LogP contribution in [0.15, 0.2) is 36.4 Å². The quantitative estimate of drug-likeness (QED) is 0.851. The molecule has 0 aliphatic rings. The van der Waals surface area contributed by atoms with Gasteiger partial charge in [0, 0.05) is 6.07 Å². The predicted molar refractivity (Wildman–Crippen MR) is 83.4 cm³/mol. The largest absolute Gasteiger partial charge is 0.497 e. The van der Waals surface area contributed by atoms with E-state index in [4.69, 9.17) is 26.8 Å². The van der Waals surface area contributed by atoms with Gasteiger partial charge in [0.05, 0.1) is 36.2 Å². The van der Waals surface area contributed by atoms with Crippen LogP contribution in [0.25, 0.3) is 0 Å². The van der Waals surface area contributed by atoms with E-state index >= 15 is 0 Å². The third-order valence-electron chi connectivity index (χ3n) is 2.95. The Morgan fingerprint density at radius 3 is 2.62 bits per heavy atom. The molecular formula is C15H15ClN2O3. The highest BCUT2D eigenvalue weighted by Crippen LogP contribution is 2.30. The van der Waals surface area contributed by atoms with E-state index in [0.29, 0.717) is 27.8 Å². The van der Waals surface area contributed by atoms with Crippen LogP contribution < -0.4 is 20.5 Å². The molecule has 3 N–H and O–H groups in total. The van der Waals surface area contributed by atoms with E-state index in [0.717, 1.165) is 0 Å². The maximum absolute atomic E-state index is 12.3. The van der Waals surface area contributed by atoms with Crippen molar-refractivity contribution in [2.45, 2.75) is 0 Å². The molecule has 2 aromatic rings. The van der Waals surface area contributed by atoms with Crippen LogP contribution >= 0.6 is 11.6 Å². The molecule has 0 aromatic heterocycles. The number of para-hydroxylation sites is 1. The Balaban J connectivity index is 2.33. The fourth-order valence-electron chi connectivity index (χ4n) is 1.84. The number of ether oxygens (including phenoxy) is 2. The van der Waals surface area contributed by atoms with Crippen molar-refractivity contribution in [3.05, 3.63) is 47.0 Å². The zero-order valence-electron chi connectivity index (χ0n) is 11.6. The van der Waals surface area contributed by atoms with E-state index in [9.17, 15) is 4.79 Å². The van der Waals surface area contributed by atoms with Crippen molar-refractivity contribution < 1.29 is 14.3 Å². The number of carbonyl (C=O) groups excluding carboxylic acids is 1. The lowest BCUT2D eigenvalue weighted by Crippen LogP contribution is -2.14. The molecule has 2 rings (SSSR count). The van der Waals surface area contributed by atoms with E-state index in [1.54, 1.807) is 43.5 Å². The molecule has 0 atom stereocenters. The summed E-state index contributed by atoms with van der Waals surface area (Å²) in [5, 5.41) is 3.07. The van der Waals surface area contributed by atoms with Gasteiger partial charge in [-0.1, -0.05) is 17.7 Å². The SMILES string of the molecule is COc1ccc(OC)c(NC(=O)c2cccc(Cl)c2N)c1. The summed E-state index contributed by atoms with van der Waals surface area (Å²) < 4.78 is 10.3. The number of halogens is 1. The molecule has 1 amide bonds. The molecule has 0 fully saturated rings. The third-order valence-corrected chi connectivity index (χ3v) is 3.28. The number of benzene rings is 2. The first kappa shape index (κ1) is 15.0. The van der Waals surface area contributed by atoms with E-state index in [1.165, 1.54) is 7.11 Å². The van der Waals surface area contributed by atoms with Gasteiger partial charge in [0.15, 0.2) is 0 Å². The molecule has 110 valence electrons. The number of nitrogens with two attached hydrogens (primary N) is 1. The zero-order chi connectivity index (χ0) is 15.4. The number of rotatable bonds is 4. The molecule has 0 bridgehead atoms. The second-order valence-electron chi connectivity index (χ2n) is 4.22. The molecular weight excluding hydrogens is 292 g/mol. The number of anilines is 2. The van der Waals surface area contributed by atoms with Crippen LogP contribution in [0, 0.1) is 0 Å². The van der Waals surface area contributed by atoms with Crippen LogP contribution in [0.3, 0.4) is 0 Å². The standard InChI is InChI=1S/C15H15ClN2O3/c1-20-9-6-7-13(21-2)12(8-9)18-15(19)10-4-3-5-11(16)14(10)17/h3-8H,17H2,1-2H3,(H,18,19). The van der Waals surface area contributed by atoms with Gasteiger partial charge < -0.3 is 20.5 Å². The highest BCUT2D eigenvalue weighted by Gasteiger charge is 2.14. The van der Waals surface area contributed by atoms with Crippen LogP contribution in [-0.2, 0) is 0 Å². The van der Waals surface area contributed by atoms with Gasteiger partial charge in [-0.05, 0) is 24.3 Å². The summed E-state index contributed by atoms with van der Waals surface area (Å²) in [6, 6.07) is 9.99. The molecule has 0 spiro atoms. The normalized spacial score (nSPS) is 10.0. The molecule has 0 saturated heterocycles. The van der Waals surface area contributed by atoms with E-state index in [2.05, 4.69) is 5.32 Å². The number of carbonyl (C=O) groups is 1. The van der Waals surface area contributed by atoms with Gasteiger partial charge >= 0.3 is 0 Å². The summed E-state index contributed by atoms with van der Waals surface area (Å²) in [6.45, 7) is 0. The molecule has 0 saturated carbocycles. The molecule has 0 heterocycles. The van der Waals surface area contributed by atoms with Crippen molar-refractivity contribution in [3.63, 3.8) is 0 Å². The van der Waals surface area contributed by atoms with E-state index < -0.39 is 0 Å². The summed E-state index contributed by atoms with van der Waals surface area (Å²) in [6.07, 6.45) is 0. The van der Waals surface area contributed by atoms with Gasteiger partial charge in [-0.15, -0.1) is 0 Å². The van der Waals surface area contributed by atoms with Gasteiger partial charge in [0.2, 0.25) is 0 Å². The van der Waals surface area contributed by atoms with Gasteiger partial charge in [0.1, 0.15) is 11.5 Å². The first-order chi connectivity index (χ1) is 10.1. The lowest BCUT2D eigenvalue weighted by molar-refractivity contribution is 0.102. The number of amides is 1. The monoisotopic (exact) mass is 306 g/mol. The fourth-order valence-corrected chi connectivity index (χ4v) is 2.01. The molecule has 21 heavy (non-hydrogen) atoms. The number of nitrogens with one attached hydrogen (secondary N) is 1. The first-order valence-electron chi connectivity index (χ1n) is 6.14. The molecule has 2 aromatic carbocycles. The molecule has 0 aliphatic heterocycles. The summed E-state index contributed by atoms with van der Waals surface area (Å²) in [5.41, 5.74) is 6.84. The van der Waals surface area contributed by atoms with Gasteiger partial charge in [-0.3, -0.25) is 4.79 Å². The van der Waals surface area contributed by atoms with Gasteiger partial charge in [-0.25, -0.2) is 0 Å². The Morgan fingerprint density at radius 1 is 1.19 bits per heavy atom. The predicted octanol–water partition coefficient (Wildman–Crippen LogP) is 3.19. The Hall–Kier alpha value is -2.40. The van der Waals surface area contributed by atoms with Crippen molar-refractivity contribution in [2.24, 2.45) is 0 Å². The third kappa shape index (κ3) is 3.20. The van der Waals surface area contributed by atoms with Gasteiger partial charge in [0.25, 0.3) is 5.91 Å². The molecule has 5 nitrogen and oxygen atoms in total. The highest BCUT2D eigenvalue weighted by atomic mass is 35.5. The van der Waals surface area contributed by atoms with Gasteiger partial charge in [-0.2, -0.15) is 0 Å². The number of hydrogen-bond acceptors (Lipinski definition) is 4. The second kappa shape index (κ2) is 6.37. The van der Waals surface area contributed by atoms with Crippen LogP contribution in [0.5, 0.6) is 11.5 Å². The van der Waals surface area contributed by atoms with Crippen molar-refractivity contribution in [1.82, 2.24) is 0 Å². The summed E-state index contributed by atoms with van der Waals surface area (Å²) >= 11 is 5.92. The van der Waals surface area contributed by atoms with Crippen molar-refractivity contribution in [2.75, 3.05) is 25.3 Å². The molecule has 0 radical (unpaired) electrons. The fraction of sp³-hybridized carbons (Fsp3) is 0.133. The Morgan fingerprint density at radius 2 is 1.95 bits per heavy atom. The molecule has 0 unspecified atom stereocenters. The van der Waals surface area contributed by atoms with E-state index in [-0.39, 0.29) is 11.6 Å². The maximum atomic E-state index is 12.3. The minimum absolute atomic E-state index is 0.235. The Bertz CT molecular complexity index is 674. The van der Waals surface area contributed by atoms with Crippen LogP contribution in [0.4, 0.5) is 11.4 Å². The number of hydrogen-bond donors (Lipinski definition) is 2. The average molecular weight is 307 g/mol. The second-order valence-corrected chi connectivity index (χ2v) is 4.63. The summed E-state index contributed by atoms with van der Waals surface area (Å²) in [4.78, 5) is 12.3. The van der Waals surface area contributed by atoms with Crippen molar-refractivity contribution in [3.8, 4) is 11.5 Å². The van der Waals surface area contributed by atoms with Crippen LogP contribution in [0.1, 0.15) is 10.4 Å². The average Bonchev–Trinajstić information content (AvgIpc) is 2.49. The van der Waals surface area contributed by atoms with Crippen LogP contribution in [-0.4, -0.2) is 20.1 Å². The molecule has 6 heteroatoms. The topological polar surface area (TPSA) is 73.6 Å². The maximum Gasteiger partial charge on any atom is 0.257 e. The highest BCUT2D eigenvalue weighted by molar-refractivity contribution is 6.34. The number of nitrogen functional groups attached to an aromatic ring is 1. The zero-order valence-corrected chi connectivity index (χ0v) is 12.4. The Labute approximate surface area is 127 Å². The smallest absolute Gasteiger partial charge is 0.257 e. The molecule has 0 aliphatic carbocycles. The minimum atomic E-state index is -0.374. The number of methoxy groups -OCH3 is 2. The lowest BCUT2D eigenvalue weighted by Gasteiger charge is -2.13. The first-order valence-corrected chi connectivity index (χ1v) is 6.52. The summed E-state index contributed by atoms with van der Waals surface area (Å²) in [5.74, 6) is 0.747. The van der Waals surface area contributed by atoms with Crippen LogP contribution in [0.2, 0.25) is 5.02 Å². The minimum Gasteiger partial charge on any atom is -0.497 e. The van der Waals surface area contributed by atoms with E-state index in [1.807, 2.05) is 0 Å². The summed E-state index contributed by atoms with van der Waals surface area (Å²) in [7, 11) is 3.06. The van der Waals surface area contributed by atoms with Crippen molar-refractivity contribution >= 4 is 28.9 Å². The Kier molecular flexibility index (Phi) is 4.55. The lowest BCUT2D eigenvalue weighted by atomic mass is 10.1. The van der Waals surface area contributed by atoms with Crippen molar-refractivity contribution in [1.29, 1.82) is 0 Å².